The maximum absolute atomic E-state index is 2.66. The fraction of sp³-hybridized carbons (Fsp3) is 0.500. The minimum Gasteiger partial charge on any atom is -0.0683 e. The van der Waals surface area contributed by atoms with Gasteiger partial charge in [0.2, 0.25) is 6.71 Å². The van der Waals surface area contributed by atoms with E-state index in [2.05, 4.69) is 83.1 Å². The topological polar surface area (TPSA) is 0 Å². The van der Waals surface area contributed by atoms with Crippen LogP contribution in [0.2, 0.25) is 0 Å². The zero-order chi connectivity index (χ0) is 26.0. The molecule has 0 saturated carbocycles. The maximum atomic E-state index is 2.66. The van der Waals surface area contributed by atoms with Gasteiger partial charge >= 0.3 is 0 Å². The molecule has 3 aromatic rings. The lowest BCUT2D eigenvalue weighted by atomic mass is 9.35. The second kappa shape index (κ2) is 11.2. The van der Waals surface area contributed by atoms with Gasteiger partial charge in [-0.15, -0.1) is 0 Å². The highest BCUT2D eigenvalue weighted by Crippen LogP contribution is 2.54. The summed E-state index contributed by atoms with van der Waals surface area (Å²) in [6.45, 7) is 11.8. The summed E-state index contributed by atoms with van der Waals surface area (Å²) >= 11 is 0. The molecule has 1 heteroatoms. The van der Waals surface area contributed by atoms with Crippen LogP contribution < -0.4 is 16.4 Å². The molecule has 0 fully saturated rings. The first-order valence-electron chi connectivity index (χ1n) is 15.4. The Hall–Kier alpha value is -2.28. The number of aryl methyl sites for hydroxylation is 3. The van der Waals surface area contributed by atoms with E-state index in [-0.39, 0.29) is 5.41 Å². The molecule has 1 aliphatic carbocycles. The third-order valence-electron chi connectivity index (χ3n) is 9.52. The van der Waals surface area contributed by atoms with E-state index in [1.165, 1.54) is 121 Å². The number of unbranched alkanes of at least 4 members (excludes halogenated alkanes) is 8. The minimum absolute atomic E-state index is 0.206. The summed E-state index contributed by atoms with van der Waals surface area (Å²) in [6.07, 6.45) is 16.2. The zero-order valence-corrected chi connectivity index (χ0v) is 24.2. The first-order valence-corrected chi connectivity index (χ1v) is 15.4. The van der Waals surface area contributed by atoms with E-state index in [4.69, 9.17) is 0 Å². The lowest BCUT2D eigenvalue weighted by molar-refractivity contribution is 0.399. The monoisotopic (exact) mass is 490 g/mol. The van der Waals surface area contributed by atoms with Crippen molar-refractivity contribution in [3.63, 3.8) is 0 Å². The summed E-state index contributed by atoms with van der Waals surface area (Å²) in [5.74, 6) is 0. The number of hydrogen-bond donors (Lipinski definition) is 0. The van der Waals surface area contributed by atoms with Gasteiger partial charge in [0, 0.05) is 5.41 Å². The average Bonchev–Trinajstić information content (AvgIpc) is 3.23. The van der Waals surface area contributed by atoms with Crippen LogP contribution >= 0.6 is 0 Å². The van der Waals surface area contributed by atoms with E-state index in [9.17, 15) is 0 Å². The molecule has 1 heterocycles. The second-order valence-electron chi connectivity index (χ2n) is 12.3. The van der Waals surface area contributed by atoms with Crippen LogP contribution in [0.25, 0.3) is 11.1 Å². The van der Waals surface area contributed by atoms with Crippen molar-refractivity contribution in [1.82, 2.24) is 0 Å². The number of benzene rings is 3. The smallest absolute Gasteiger partial charge is 0.0683 e. The second-order valence-corrected chi connectivity index (χ2v) is 12.3. The van der Waals surface area contributed by atoms with E-state index in [0.717, 1.165) is 0 Å². The normalized spacial score (nSPS) is 14.5. The summed E-state index contributed by atoms with van der Waals surface area (Å²) in [7, 11) is 0. The van der Waals surface area contributed by atoms with E-state index in [0.29, 0.717) is 6.71 Å². The third-order valence-corrected chi connectivity index (χ3v) is 9.52. The average molecular weight is 491 g/mol. The molecule has 0 saturated heterocycles. The van der Waals surface area contributed by atoms with Crippen LogP contribution in [-0.4, -0.2) is 6.71 Å². The summed E-state index contributed by atoms with van der Waals surface area (Å²) in [5.41, 5.74) is 15.3. The Bertz CT molecular complexity index is 1160. The molecule has 0 nitrogen and oxygen atoms in total. The minimum atomic E-state index is 0.206. The van der Waals surface area contributed by atoms with E-state index < -0.39 is 0 Å². The van der Waals surface area contributed by atoms with Crippen LogP contribution in [0.3, 0.4) is 0 Å². The zero-order valence-electron chi connectivity index (χ0n) is 24.2. The third kappa shape index (κ3) is 4.84. The summed E-state index contributed by atoms with van der Waals surface area (Å²) in [6, 6.07) is 19.9. The van der Waals surface area contributed by atoms with Crippen LogP contribution in [0.5, 0.6) is 0 Å². The fourth-order valence-corrected chi connectivity index (χ4v) is 7.79. The highest BCUT2D eigenvalue weighted by atomic mass is 14.5. The molecule has 4 bridgehead atoms. The van der Waals surface area contributed by atoms with Crippen molar-refractivity contribution in [2.24, 2.45) is 0 Å². The van der Waals surface area contributed by atoms with Crippen molar-refractivity contribution < 1.29 is 0 Å². The molecule has 0 radical (unpaired) electrons. The molecule has 37 heavy (non-hydrogen) atoms. The van der Waals surface area contributed by atoms with Crippen LogP contribution in [0.15, 0.2) is 48.5 Å². The summed E-state index contributed by atoms with van der Waals surface area (Å²) in [4.78, 5) is 0. The highest BCUT2D eigenvalue weighted by Gasteiger charge is 2.45. The molecule has 194 valence electrons. The van der Waals surface area contributed by atoms with Crippen molar-refractivity contribution >= 4 is 23.1 Å². The van der Waals surface area contributed by atoms with Gasteiger partial charge in [-0.3, -0.25) is 0 Å². The van der Waals surface area contributed by atoms with Gasteiger partial charge in [-0.25, -0.2) is 0 Å². The molecule has 1 aliphatic heterocycles. The molecule has 0 amide bonds. The van der Waals surface area contributed by atoms with Crippen LogP contribution in [0.1, 0.15) is 119 Å². The molecular formula is C36H47B. The largest absolute Gasteiger partial charge is 0.241 e. The molecule has 0 atom stereocenters. The van der Waals surface area contributed by atoms with Crippen molar-refractivity contribution in [2.75, 3.05) is 0 Å². The van der Waals surface area contributed by atoms with Crippen molar-refractivity contribution in [1.29, 1.82) is 0 Å². The highest BCUT2D eigenvalue weighted by molar-refractivity contribution is 6.96. The molecular weight excluding hydrogens is 443 g/mol. The standard InChI is InChI=1S/C36H47B/c1-6-8-10-12-14-20-36(21-15-13-11-9-7-2)33-24-29-16-18-31(33)32-19-17-30(25-34(32)36)37(29)35-27(4)22-26(3)23-28(35)5/h16-19,22-25H,6-15,20-21H2,1-5H3. The van der Waals surface area contributed by atoms with Crippen molar-refractivity contribution in [3.05, 3.63) is 76.3 Å². The lowest BCUT2D eigenvalue weighted by Crippen LogP contribution is -2.55. The van der Waals surface area contributed by atoms with E-state index in [1.807, 2.05) is 0 Å². The summed E-state index contributed by atoms with van der Waals surface area (Å²) in [5, 5.41) is 0. The van der Waals surface area contributed by atoms with E-state index in [1.54, 1.807) is 11.1 Å². The van der Waals surface area contributed by atoms with Gasteiger partial charge < -0.3 is 0 Å². The Labute approximate surface area is 227 Å². The Morgan fingerprint density at radius 2 is 1.03 bits per heavy atom. The summed E-state index contributed by atoms with van der Waals surface area (Å²) < 4.78 is 0. The Balaban J connectivity index is 1.59. The van der Waals surface area contributed by atoms with Crippen molar-refractivity contribution in [2.45, 2.75) is 117 Å². The first kappa shape index (κ1) is 26.3. The molecule has 0 N–H and O–H groups in total. The number of rotatable bonds is 13. The quantitative estimate of drug-likeness (QED) is 0.130. The number of hydrogen-bond acceptors (Lipinski definition) is 0. The van der Waals surface area contributed by atoms with Gasteiger partial charge in [0.1, 0.15) is 0 Å². The Morgan fingerprint density at radius 1 is 0.568 bits per heavy atom. The van der Waals surface area contributed by atoms with Gasteiger partial charge in [0.15, 0.2) is 0 Å². The van der Waals surface area contributed by atoms with Gasteiger partial charge in [0.25, 0.3) is 0 Å². The van der Waals surface area contributed by atoms with Crippen LogP contribution in [0.4, 0.5) is 0 Å². The van der Waals surface area contributed by atoms with Gasteiger partial charge in [-0.05, 0) is 55.9 Å². The molecule has 2 aliphatic rings. The van der Waals surface area contributed by atoms with Crippen molar-refractivity contribution in [3.8, 4) is 11.1 Å². The Kier molecular flexibility index (Phi) is 7.99. The molecule has 3 aromatic carbocycles. The first-order chi connectivity index (χ1) is 18.0. The van der Waals surface area contributed by atoms with E-state index >= 15 is 0 Å². The van der Waals surface area contributed by atoms with Gasteiger partial charge in [0.05, 0.1) is 0 Å². The van der Waals surface area contributed by atoms with Crippen LogP contribution in [0, 0.1) is 20.8 Å². The Morgan fingerprint density at radius 3 is 1.49 bits per heavy atom. The predicted molar refractivity (Wildman–Crippen MR) is 165 cm³/mol. The van der Waals surface area contributed by atoms with Gasteiger partial charge in [-0.1, -0.05) is 160 Å². The maximum Gasteiger partial charge on any atom is 0.241 e. The lowest BCUT2D eigenvalue weighted by Gasteiger charge is -2.35. The molecule has 5 rings (SSSR count). The van der Waals surface area contributed by atoms with Crippen LogP contribution in [-0.2, 0) is 5.41 Å². The fourth-order valence-electron chi connectivity index (χ4n) is 7.79. The number of fused-ring (bicyclic) bond motifs is 3. The molecule has 0 unspecified atom stereocenters. The predicted octanol–water partition coefficient (Wildman–Crippen LogP) is 8.43. The molecule has 0 spiro atoms. The SMILES string of the molecule is CCCCCCCC1(CCCCCCC)c2cc3ccc2-c2ccc(cc21)B3c1c(C)cc(C)cc1C. The van der Waals surface area contributed by atoms with Gasteiger partial charge in [-0.2, -0.15) is 0 Å². The molecule has 0 aromatic heterocycles.